The Hall–Kier alpha value is -1.42. The number of hydrogen-bond donors (Lipinski definition) is 0. The molecule has 1 aromatic heterocycles. The summed E-state index contributed by atoms with van der Waals surface area (Å²) in [5.41, 5.74) is -0.992. The summed E-state index contributed by atoms with van der Waals surface area (Å²) in [6.07, 6.45) is -0.879. The summed E-state index contributed by atoms with van der Waals surface area (Å²) in [5, 5.41) is -0.297. The zero-order valence-electron chi connectivity index (χ0n) is 13.2. The number of likely N-dealkylation sites (N-methyl/N-ethyl adjacent to an activating group) is 1. The molecule has 134 valence electrons. The Morgan fingerprint density at radius 1 is 1.25 bits per heavy atom. The van der Waals surface area contributed by atoms with Gasteiger partial charge in [-0.3, -0.25) is 0 Å². The second kappa shape index (κ2) is 6.14. The lowest BCUT2D eigenvalue weighted by molar-refractivity contribution is -0.141. The summed E-state index contributed by atoms with van der Waals surface area (Å²) in [6, 6.07) is 0.659. The molecule has 2 heterocycles. The standard InChI is InChI=1S/C14H19F3N4O2S/c1-20(24(22,23)11-4-5-11)10-3-2-6-21(8-10)13-7-12(14(15,16)17)18-9-19-13/h7,9-11H,2-6,8H2,1H3. The first kappa shape index (κ1) is 17.4. The number of sulfonamides is 1. The lowest BCUT2D eigenvalue weighted by Gasteiger charge is -2.37. The van der Waals surface area contributed by atoms with Gasteiger partial charge in [0.1, 0.15) is 17.8 Å². The van der Waals surface area contributed by atoms with Gasteiger partial charge in [0.15, 0.2) is 0 Å². The van der Waals surface area contributed by atoms with Gasteiger partial charge in [0.25, 0.3) is 0 Å². The normalized spacial score (nSPS) is 22.9. The summed E-state index contributed by atoms with van der Waals surface area (Å²) < 4.78 is 64.5. The van der Waals surface area contributed by atoms with Gasteiger partial charge in [-0.05, 0) is 25.7 Å². The third-order valence-corrected chi connectivity index (χ3v) is 6.94. The molecule has 3 rings (SSSR count). The molecule has 1 aliphatic heterocycles. The average molecular weight is 364 g/mol. The second-order valence-electron chi connectivity index (χ2n) is 6.26. The van der Waals surface area contributed by atoms with Crippen LogP contribution in [-0.4, -0.2) is 54.1 Å². The van der Waals surface area contributed by atoms with Crippen LogP contribution in [0.5, 0.6) is 0 Å². The van der Waals surface area contributed by atoms with Crippen LogP contribution in [0.1, 0.15) is 31.4 Å². The predicted octanol–water partition coefficient (Wildman–Crippen LogP) is 1.89. The van der Waals surface area contributed by atoms with Gasteiger partial charge in [-0.2, -0.15) is 17.5 Å². The van der Waals surface area contributed by atoms with Crippen LogP contribution in [0, 0.1) is 0 Å². The summed E-state index contributed by atoms with van der Waals surface area (Å²) >= 11 is 0. The molecule has 0 radical (unpaired) electrons. The van der Waals surface area contributed by atoms with Crippen molar-refractivity contribution in [3.8, 4) is 0 Å². The van der Waals surface area contributed by atoms with Crippen molar-refractivity contribution in [2.75, 3.05) is 25.0 Å². The summed E-state index contributed by atoms with van der Waals surface area (Å²) in [6.45, 7) is 0.874. The van der Waals surface area contributed by atoms with Gasteiger partial charge >= 0.3 is 6.18 Å². The van der Waals surface area contributed by atoms with E-state index in [-0.39, 0.29) is 17.1 Å². The number of rotatable bonds is 4. The number of anilines is 1. The number of alkyl halides is 3. The van der Waals surface area contributed by atoms with E-state index < -0.39 is 21.9 Å². The third-order valence-electron chi connectivity index (χ3n) is 4.52. The summed E-state index contributed by atoms with van der Waals surface area (Å²) in [5.74, 6) is 0.180. The Morgan fingerprint density at radius 3 is 2.58 bits per heavy atom. The molecule has 0 bridgehead atoms. The topological polar surface area (TPSA) is 66.4 Å². The Labute approximate surface area is 138 Å². The third kappa shape index (κ3) is 3.49. The highest BCUT2D eigenvalue weighted by atomic mass is 32.2. The predicted molar refractivity (Wildman–Crippen MR) is 82.0 cm³/mol. The number of aromatic nitrogens is 2. The maximum absolute atomic E-state index is 12.8. The number of hydrogen-bond acceptors (Lipinski definition) is 5. The zero-order chi connectivity index (χ0) is 17.5. The van der Waals surface area contributed by atoms with E-state index in [1.165, 1.54) is 4.31 Å². The van der Waals surface area contributed by atoms with Crippen LogP contribution in [0.15, 0.2) is 12.4 Å². The van der Waals surface area contributed by atoms with Crippen LogP contribution in [-0.2, 0) is 16.2 Å². The second-order valence-corrected chi connectivity index (χ2v) is 8.53. The van der Waals surface area contributed by atoms with E-state index in [9.17, 15) is 21.6 Å². The van der Waals surface area contributed by atoms with Crippen LogP contribution in [0.25, 0.3) is 0 Å². The Morgan fingerprint density at radius 2 is 1.96 bits per heavy atom. The highest BCUT2D eigenvalue weighted by molar-refractivity contribution is 7.90. The maximum Gasteiger partial charge on any atom is 0.433 e. The monoisotopic (exact) mass is 364 g/mol. The van der Waals surface area contributed by atoms with Gasteiger partial charge < -0.3 is 4.90 Å². The Kier molecular flexibility index (Phi) is 4.45. The van der Waals surface area contributed by atoms with Crippen molar-refractivity contribution >= 4 is 15.8 Å². The highest BCUT2D eigenvalue weighted by Crippen LogP contribution is 2.33. The summed E-state index contributed by atoms with van der Waals surface area (Å²) in [7, 11) is -1.75. The van der Waals surface area contributed by atoms with Crippen LogP contribution in [0.4, 0.5) is 19.0 Å². The fourth-order valence-electron chi connectivity index (χ4n) is 2.94. The first-order valence-corrected chi connectivity index (χ1v) is 9.31. The maximum atomic E-state index is 12.8. The molecule has 10 heteroatoms. The van der Waals surface area contributed by atoms with Crippen molar-refractivity contribution in [3.63, 3.8) is 0 Å². The molecule has 1 unspecified atom stereocenters. The van der Waals surface area contributed by atoms with Crippen LogP contribution < -0.4 is 4.90 Å². The molecule has 0 spiro atoms. The molecule has 0 N–H and O–H groups in total. The molecule has 6 nitrogen and oxygen atoms in total. The first-order chi connectivity index (χ1) is 11.2. The van der Waals surface area contributed by atoms with Crippen molar-refractivity contribution in [1.82, 2.24) is 14.3 Å². The van der Waals surface area contributed by atoms with Crippen molar-refractivity contribution in [3.05, 3.63) is 18.1 Å². The van der Waals surface area contributed by atoms with Crippen molar-refractivity contribution in [1.29, 1.82) is 0 Å². The minimum atomic E-state index is -4.53. The molecule has 1 atom stereocenters. The smallest absolute Gasteiger partial charge is 0.355 e. The SMILES string of the molecule is CN(C1CCCN(c2cc(C(F)(F)F)ncn2)C1)S(=O)(=O)C1CC1. The van der Waals surface area contributed by atoms with Gasteiger partial charge in [0.2, 0.25) is 10.0 Å². The Balaban J connectivity index is 1.76. The van der Waals surface area contributed by atoms with Crippen LogP contribution >= 0.6 is 0 Å². The quantitative estimate of drug-likeness (QED) is 0.816. The van der Waals surface area contributed by atoms with E-state index in [2.05, 4.69) is 9.97 Å². The van der Waals surface area contributed by atoms with Gasteiger partial charge in [-0.25, -0.2) is 18.4 Å². The average Bonchev–Trinajstić information content (AvgIpc) is 3.39. The number of nitrogens with zero attached hydrogens (tertiary/aromatic N) is 4. The molecule has 0 amide bonds. The summed E-state index contributed by atoms with van der Waals surface area (Å²) in [4.78, 5) is 8.89. The molecule has 2 aliphatic rings. The Bertz CT molecular complexity index is 706. The van der Waals surface area contributed by atoms with Gasteiger partial charge in [0, 0.05) is 32.2 Å². The molecular weight excluding hydrogens is 345 g/mol. The minimum absolute atomic E-state index is 0.180. The fraction of sp³-hybridized carbons (Fsp3) is 0.714. The van der Waals surface area contributed by atoms with E-state index in [4.69, 9.17) is 0 Å². The van der Waals surface area contributed by atoms with E-state index >= 15 is 0 Å². The molecule has 24 heavy (non-hydrogen) atoms. The van der Waals surface area contributed by atoms with Crippen molar-refractivity contribution in [2.45, 2.75) is 43.2 Å². The number of halogens is 3. The van der Waals surface area contributed by atoms with E-state index in [0.717, 1.165) is 12.4 Å². The largest absolute Gasteiger partial charge is 0.433 e. The number of piperidine rings is 1. The lowest BCUT2D eigenvalue weighted by atomic mass is 10.1. The van der Waals surface area contributed by atoms with Gasteiger partial charge in [-0.15, -0.1) is 0 Å². The molecular formula is C14H19F3N4O2S. The van der Waals surface area contributed by atoms with E-state index in [0.29, 0.717) is 38.8 Å². The fourth-order valence-corrected chi connectivity index (χ4v) is 4.73. The molecule has 1 saturated carbocycles. The van der Waals surface area contributed by atoms with Crippen molar-refractivity contribution in [2.24, 2.45) is 0 Å². The highest BCUT2D eigenvalue weighted by Gasteiger charge is 2.42. The van der Waals surface area contributed by atoms with Crippen LogP contribution in [0.3, 0.4) is 0 Å². The van der Waals surface area contributed by atoms with E-state index in [1.54, 1.807) is 11.9 Å². The van der Waals surface area contributed by atoms with E-state index in [1.807, 2.05) is 0 Å². The van der Waals surface area contributed by atoms with Gasteiger partial charge in [0.05, 0.1) is 5.25 Å². The van der Waals surface area contributed by atoms with Gasteiger partial charge in [-0.1, -0.05) is 0 Å². The molecule has 1 aromatic rings. The molecule has 0 aromatic carbocycles. The minimum Gasteiger partial charge on any atom is -0.355 e. The van der Waals surface area contributed by atoms with Crippen LogP contribution in [0.2, 0.25) is 0 Å². The van der Waals surface area contributed by atoms with Crippen molar-refractivity contribution < 1.29 is 21.6 Å². The molecule has 1 aliphatic carbocycles. The zero-order valence-corrected chi connectivity index (χ0v) is 14.0. The molecule has 2 fully saturated rings. The first-order valence-electron chi connectivity index (χ1n) is 7.80. The lowest BCUT2D eigenvalue weighted by Crippen LogP contribution is -2.49. The molecule has 1 saturated heterocycles.